The van der Waals surface area contributed by atoms with Gasteiger partial charge in [0.15, 0.2) is 0 Å². The Labute approximate surface area is 119 Å². The summed E-state index contributed by atoms with van der Waals surface area (Å²) in [6.07, 6.45) is 0. The fourth-order valence-corrected chi connectivity index (χ4v) is 1.94. The average Bonchev–Trinajstić information content (AvgIpc) is 2.78. The first kappa shape index (κ1) is 14.6. The Morgan fingerprint density at radius 1 is 1.43 bits per heavy atom. The minimum atomic E-state index is -1.09. The zero-order valence-corrected chi connectivity index (χ0v) is 11.5. The van der Waals surface area contributed by atoms with Crippen LogP contribution in [0.3, 0.4) is 0 Å². The molecule has 1 N–H and O–H groups in total. The maximum Gasteiger partial charge on any atom is 0.339 e. The zero-order valence-electron chi connectivity index (χ0n) is 11.5. The first-order valence-corrected chi connectivity index (χ1v) is 6.09. The second-order valence-corrected chi connectivity index (χ2v) is 4.46. The molecule has 7 nitrogen and oxygen atoms in total. The number of carboxylic acids is 1. The molecule has 2 aromatic rings. The van der Waals surface area contributed by atoms with Gasteiger partial charge in [-0.05, 0) is 25.5 Å². The van der Waals surface area contributed by atoms with Crippen LogP contribution in [0.25, 0.3) is 0 Å². The summed E-state index contributed by atoms with van der Waals surface area (Å²) in [4.78, 5) is 21.3. The fourth-order valence-electron chi connectivity index (χ4n) is 1.94. The Hall–Kier alpha value is -2.83. The lowest BCUT2D eigenvalue weighted by Crippen LogP contribution is -2.00. The van der Waals surface area contributed by atoms with Gasteiger partial charge in [0.25, 0.3) is 0 Å². The van der Waals surface area contributed by atoms with E-state index in [1.165, 1.54) is 19.1 Å². The largest absolute Gasteiger partial charge is 0.478 e. The molecule has 1 aromatic heterocycles. The van der Waals surface area contributed by atoms with E-state index in [2.05, 4.69) is 0 Å². The molecule has 0 spiro atoms. The Bertz CT molecular complexity index is 703. The van der Waals surface area contributed by atoms with Gasteiger partial charge in [-0.15, -0.1) is 0 Å². The highest BCUT2D eigenvalue weighted by atomic mass is 16.6. The van der Waals surface area contributed by atoms with Crippen LogP contribution in [0.4, 0.5) is 5.69 Å². The normalized spacial score (nSPS) is 10.4. The Morgan fingerprint density at radius 3 is 2.71 bits per heavy atom. The van der Waals surface area contributed by atoms with E-state index in [1.807, 2.05) is 0 Å². The molecule has 0 bridgehead atoms. The molecule has 0 saturated carbocycles. The van der Waals surface area contributed by atoms with Crippen molar-refractivity contribution in [2.45, 2.75) is 20.5 Å². The summed E-state index contributed by atoms with van der Waals surface area (Å²) in [7, 11) is 0. The van der Waals surface area contributed by atoms with Gasteiger partial charge in [-0.2, -0.15) is 0 Å². The third-order valence-corrected chi connectivity index (χ3v) is 2.95. The van der Waals surface area contributed by atoms with Crippen molar-refractivity contribution < 1.29 is 24.0 Å². The maximum atomic E-state index is 11.0. The molecule has 0 aliphatic heterocycles. The van der Waals surface area contributed by atoms with E-state index in [0.29, 0.717) is 11.3 Å². The Balaban J connectivity index is 2.23. The van der Waals surface area contributed by atoms with Gasteiger partial charge >= 0.3 is 11.7 Å². The van der Waals surface area contributed by atoms with Gasteiger partial charge in [-0.25, -0.2) is 4.79 Å². The van der Waals surface area contributed by atoms with Gasteiger partial charge in [0, 0.05) is 6.07 Å². The second-order valence-electron chi connectivity index (χ2n) is 4.46. The lowest BCUT2D eigenvalue weighted by molar-refractivity contribution is -0.386. The fraction of sp³-hybridized carbons (Fsp3) is 0.214. The number of benzene rings is 1. The predicted molar refractivity (Wildman–Crippen MR) is 72.6 cm³/mol. The van der Waals surface area contributed by atoms with Crippen molar-refractivity contribution in [3.63, 3.8) is 0 Å². The van der Waals surface area contributed by atoms with E-state index in [9.17, 15) is 14.9 Å². The van der Waals surface area contributed by atoms with E-state index in [-0.39, 0.29) is 29.4 Å². The highest BCUT2D eigenvalue weighted by Crippen LogP contribution is 2.31. The zero-order chi connectivity index (χ0) is 15.6. The molecule has 0 amide bonds. The number of aromatic carboxylic acids is 1. The monoisotopic (exact) mass is 291 g/mol. The van der Waals surface area contributed by atoms with Crippen LogP contribution in [0.2, 0.25) is 0 Å². The molecule has 1 aromatic carbocycles. The van der Waals surface area contributed by atoms with E-state index < -0.39 is 10.9 Å². The molecule has 110 valence electrons. The van der Waals surface area contributed by atoms with Crippen LogP contribution in [0.5, 0.6) is 5.75 Å². The number of nitro benzene ring substituents is 1. The number of nitro groups is 1. The van der Waals surface area contributed by atoms with Crippen LogP contribution < -0.4 is 4.74 Å². The Morgan fingerprint density at radius 2 is 2.14 bits per heavy atom. The molecule has 1 heterocycles. The number of carbonyl (C=O) groups is 1. The van der Waals surface area contributed by atoms with Crippen molar-refractivity contribution in [3.05, 3.63) is 57.0 Å². The van der Waals surface area contributed by atoms with Gasteiger partial charge in [0.05, 0.1) is 4.92 Å². The van der Waals surface area contributed by atoms with Crippen LogP contribution in [0.15, 0.2) is 28.7 Å². The van der Waals surface area contributed by atoms with Crippen molar-refractivity contribution >= 4 is 11.7 Å². The number of furan rings is 1. The minimum absolute atomic E-state index is 0.0490. The molecule has 0 saturated heterocycles. The predicted octanol–water partition coefficient (Wildman–Crippen LogP) is 3.08. The molecule has 7 heteroatoms. The van der Waals surface area contributed by atoms with E-state index in [0.717, 1.165) is 0 Å². The van der Waals surface area contributed by atoms with Crippen molar-refractivity contribution in [2.24, 2.45) is 0 Å². The smallest absolute Gasteiger partial charge is 0.339 e. The third kappa shape index (κ3) is 3.02. The van der Waals surface area contributed by atoms with Crippen molar-refractivity contribution in [1.82, 2.24) is 0 Å². The van der Waals surface area contributed by atoms with Crippen LogP contribution in [-0.4, -0.2) is 16.0 Å². The number of hydrogen-bond acceptors (Lipinski definition) is 5. The summed E-state index contributed by atoms with van der Waals surface area (Å²) in [5.41, 5.74) is 0.524. The third-order valence-electron chi connectivity index (χ3n) is 2.95. The Kier molecular flexibility index (Phi) is 3.93. The van der Waals surface area contributed by atoms with Gasteiger partial charge in [-0.3, -0.25) is 10.1 Å². The van der Waals surface area contributed by atoms with Gasteiger partial charge in [-0.1, -0.05) is 12.1 Å². The topological polar surface area (TPSA) is 103 Å². The van der Waals surface area contributed by atoms with Crippen LogP contribution >= 0.6 is 0 Å². The highest BCUT2D eigenvalue weighted by Gasteiger charge is 2.19. The molecule has 2 rings (SSSR count). The number of nitrogens with zero attached hydrogens (tertiary/aromatic N) is 1. The van der Waals surface area contributed by atoms with Crippen molar-refractivity contribution in [1.29, 1.82) is 0 Å². The lowest BCUT2D eigenvalue weighted by Gasteiger charge is -2.07. The van der Waals surface area contributed by atoms with Crippen LogP contribution in [0, 0.1) is 24.0 Å². The summed E-state index contributed by atoms with van der Waals surface area (Å²) in [5, 5.41) is 19.9. The summed E-state index contributed by atoms with van der Waals surface area (Å²) >= 11 is 0. The first-order valence-electron chi connectivity index (χ1n) is 6.09. The summed E-state index contributed by atoms with van der Waals surface area (Å²) in [5.74, 6) is -0.388. The summed E-state index contributed by atoms with van der Waals surface area (Å²) in [6.45, 7) is 3.14. The van der Waals surface area contributed by atoms with E-state index in [4.69, 9.17) is 14.3 Å². The quantitative estimate of drug-likeness (QED) is 0.670. The maximum absolute atomic E-state index is 11.0. The average molecular weight is 291 g/mol. The number of carboxylic acid groups (broad SMARTS) is 1. The molecular weight excluding hydrogens is 278 g/mol. The molecule has 0 unspecified atom stereocenters. The van der Waals surface area contributed by atoms with E-state index in [1.54, 1.807) is 19.1 Å². The highest BCUT2D eigenvalue weighted by molar-refractivity contribution is 5.88. The molecule has 0 aliphatic carbocycles. The standard InChI is InChI=1S/C14H13NO6/c1-8-4-3-5-12(15(18)19)13(8)20-7-10-6-11(14(16)17)9(2)21-10/h3-6H,7H2,1-2H3,(H,16,17). The molecule has 0 radical (unpaired) electrons. The number of para-hydroxylation sites is 1. The first-order chi connectivity index (χ1) is 9.90. The number of rotatable bonds is 5. The van der Waals surface area contributed by atoms with Gasteiger partial charge in [0.1, 0.15) is 23.7 Å². The SMILES string of the molecule is Cc1cccc([N+](=O)[O-])c1OCc1cc(C(=O)O)c(C)o1. The molecular formula is C14H13NO6. The molecule has 0 atom stereocenters. The van der Waals surface area contributed by atoms with Crippen molar-refractivity contribution in [2.75, 3.05) is 0 Å². The lowest BCUT2D eigenvalue weighted by atomic mass is 10.2. The van der Waals surface area contributed by atoms with E-state index >= 15 is 0 Å². The number of aryl methyl sites for hydroxylation is 2. The summed E-state index contributed by atoms with van der Waals surface area (Å²) in [6, 6.07) is 5.96. The van der Waals surface area contributed by atoms with Gasteiger partial charge in [0.2, 0.25) is 5.75 Å². The second kappa shape index (κ2) is 5.66. The van der Waals surface area contributed by atoms with Crippen LogP contribution in [0.1, 0.15) is 27.4 Å². The summed E-state index contributed by atoms with van der Waals surface area (Å²) < 4.78 is 10.7. The number of hydrogen-bond donors (Lipinski definition) is 1. The minimum Gasteiger partial charge on any atom is -0.478 e. The molecule has 0 fully saturated rings. The molecule has 21 heavy (non-hydrogen) atoms. The molecule has 0 aliphatic rings. The number of ether oxygens (including phenoxy) is 1. The van der Waals surface area contributed by atoms with Gasteiger partial charge < -0.3 is 14.3 Å². The van der Waals surface area contributed by atoms with Crippen molar-refractivity contribution in [3.8, 4) is 5.75 Å². The van der Waals surface area contributed by atoms with Crippen LogP contribution in [-0.2, 0) is 6.61 Å².